The van der Waals surface area contributed by atoms with Crippen molar-refractivity contribution in [2.24, 2.45) is 0 Å². The monoisotopic (exact) mass is 354 g/mol. The van der Waals surface area contributed by atoms with Crippen LogP contribution in [0.4, 0.5) is 5.69 Å². The molecule has 0 saturated carbocycles. The van der Waals surface area contributed by atoms with Crippen molar-refractivity contribution in [2.75, 3.05) is 11.9 Å². The smallest absolute Gasteiger partial charge is 0.271 e. The summed E-state index contributed by atoms with van der Waals surface area (Å²) in [5, 5.41) is 4.30. The van der Waals surface area contributed by atoms with Crippen LogP contribution >= 0.6 is 0 Å². The Kier molecular flexibility index (Phi) is 5.01. The van der Waals surface area contributed by atoms with Crippen LogP contribution < -0.4 is 10.9 Å². The number of fused-ring (bicyclic) bond motifs is 1. The highest BCUT2D eigenvalue weighted by Crippen LogP contribution is 2.14. The zero-order chi connectivity index (χ0) is 18.5. The Bertz CT molecular complexity index is 1080. The predicted octanol–water partition coefficient (Wildman–Crippen LogP) is 4.77. The highest BCUT2D eigenvalue weighted by atomic mass is 16.1. The molecule has 4 rings (SSSR count). The molecule has 3 nitrogen and oxygen atoms in total. The summed E-state index contributed by atoms with van der Waals surface area (Å²) in [7, 11) is 0. The molecular weight excluding hydrogens is 332 g/mol. The van der Waals surface area contributed by atoms with E-state index in [1.807, 2.05) is 36.4 Å². The van der Waals surface area contributed by atoms with Crippen LogP contribution in [0.3, 0.4) is 0 Å². The molecule has 0 spiro atoms. The van der Waals surface area contributed by atoms with Crippen molar-refractivity contribution in [3.05, 3.63) is 112 Å². The Hall–Kier alpha value is -3.33. The van der Waals surface area contributed by atoms with Gasteiger partial charge >= 0.3 is 0 Å². The van der Waals surface area contributed by atoms with Gasteiger partial charge < -0.3 is 10.3 Å². The van der Waals surface area contributed by atoms with E-state index >= 15 is 0 Å². The number of hydrogen-bond donors (Lipinski definition) is 2. The molecule has 4 aromatic rings. The van der Waals surface area contributed by atoms with E-state index < -0.39 is 0 Å². The molecular formula is C24H22N2O. The maximum absolute atomic E-state index is 12.2. The van der Waals surface area contributed by atoms with Crippen molar-refractivity contribution in [1.82, 2.24) is 4.98 Å². The average Bonchev–Trinajstić information content (AvgIpc) is 2.70. The highest BCUT2D eigenvalue weighted by Gasteiger charge is 2.02. The van der Waals surface area contributed by atoms with E-state index in [9.17, 15) is 4.79 Å². The van der Waals surface area contributed by atoms with Crippen molar-refractivity contribution in [2.45, 2.75) is 12.8 Å². The van der Waals surface area contributed by atoms with Gasteiger partial charge in [0.2, 0.25) is 0 Å². The maximum atomic E-state index is 12.2. The van der Waals surface area contributed by atoms with Crippen LogP contribution in [0.1, 0.15) is 16.7 Å². The molecule has 0 aliphatic heterocycles. The summed E-state index contributed by atoms with van der Waals surface area (Å²) in [6.07, 6.45) is 1.82. The van der Waals surface area contributed by atoms with Gasteiger partial charge in [-0.15, -0.1) is 0 Å². The van der Waals surface area contributed by atoms with E-state index in [0.29, 0.717) is 5.69 Å². The van der Waals surface area contributed by atoms with Gasteiger partial charge in [0.1, 0.15) is 5.69 Å². The maximum Gasteiger partial charge on any atom is 0.271 e. The molecule has 3 aromatic carbocycles. The first-order valence-electron chi connectivity index (χ1n) is 9.26. The number of para-hydroxylation sites is 1. The number of rotatable bonds is 6. The van der Waals surface area contributed by atoms with Gasteiger partial charge in [-0.05, 0) is 41.7 Å². The minimum atomic E-state index is -0.0769. The quantitative estimate of drug-likeness (QED) is 0.524. The number of pyridine rings is 1. The Morgan fingerprint density at radius 3 is 2.22 bits per heavy atom. The van der Waals surface area contributed by atoms with Crippen molar-refractivity contribution in [1.29, 1.82) is 0 Å². The zero-order valence-corrected chi connectivity index (χ0v) is 15.1. The SMILES string of the molecule is O=c1[nH]c2ccccc2cc1NCCc1ccc(Cc2ccccc2)cc1. The molecule has 0 aliphatic rings. The molecule has 27 heavy (non-hydrogen) atoms. The molecule has 1 heterocycles. The Labute approximate surface area is 158 Å². The molecule has 0 unspecified atom stereocenters. The number of H-pyrrole nitrogens is 1. The van der Waals surface area contributed by atoms with Gasteiger partial charge in [0.05, 0.1) is 0 Å². The largest absolute Gasteiger partial charge is 0.380 e. The number of benzene rings is 3. The number of nitrogens with one attached hydrogen (secondary N) is 2. The molecule has 0 saturated heterocycles. The number of aromatic nitrogens is 1. The fourth-order valence-electron chi connectivity index (χ4n) is 3.28. The molecule has 2 N–H and O–H groups in total. The molecule has 1 aromatic heterocycles. The summed E-state index contributed by atoms with van der Waals surface area (Å²) in [6.45, 7) is 0.722. The van der Waals surface area contributed by atoms with Crippen LogP contribution in [-0.2, 0) is 12.8 Å². The van der Waals surface area contributed by atoms with Crippen molar-refractivity contribution < 1.29 is 0 Å². The second-order valence-electron chi connectivity index (χ2n) is 6.76. The van der Waals surface area contributed by atoms with Gasteiger partial charge in [-0.25, -0.2) is 0 Å². The summed E-state index contributed by atoms with van der Waals surface area (Å²) in [6, 6.07) is 28.9. The lowest BCUT2D eigenvalue weighted by molar-refractivity contribution is 1.01. The number of anilines is 1. The Morgan fingerprint density at radius 2 is 1.41 bits per heavy atom. The van der Waals surface area contributed by atoms with Crippen LogP contribution in [0.2, 0.25) is 0 Å². The van der Waals surface area contributed by atoms with Crippen molar-refractivity contribution in [3.63, 3.8) is 0 Å². The van der Waals surface area contributed by atoms with E-state index in [4.69, 9.17) is 0 Å². The van der Waals surface area contributed by atoms with Crippen molar-refractivity contribution >= 4 is 16.6 Å². The second kappa shape index (κ2) is 7.92. The van der Waals surface area contributed by atoms with Gasteiger partial charge in [-0.2, -0.15) is 0 Å². The van der Waals surface area contributed by atoms with E-state index in [-0.39, 0.29) is 5.56 Å². The lowest BCUT2D eigenvalue weighted by atomic mass is 10.0. The first-order valence-corrected chi connectivity index (χ1v) is 9.26. The van der Waals surface area contributed by atoms with E-state index in [1.54, 1.807) is 0 Å². The first kappa shape index (κ1) is 17.1. The van der Waals surface area contributed by atoms with Crippen LogP contribution in [0.5, 0.6) is 0 Å². The molecule has 0 fully saturated rings. The third-order valence-corrected chi connectivity index (χ3v) is 4.76. The van der Waals surface area contributed by atoms with Crippen LogP contribution in [-0.4, -0.2) is 11.5 Å². The van der Waals surface area contributed by atoms with Crippen LogP contribution in [0, 0.1) is 0 Å². The summed E-state index contributed by atoms with van der Waals surface area (Å²) in [5.41, 5.74) is 5.30. The molecule has 0 radical (unpaired) electrons. The van der Waals surface area contributed by atoms with E-state index in [2.05, 4.69) is 58.8 Å². The van der Waals surface area contributed by atoms with Gasteiger partial charge in [0, 0.05) is 17.4 Å². The normalized spacial score (nSPS) is 10.8. The van der Waals surface area contributed by atoms with Gasteiger partial charge in [0.25, 0.3) is 5.56 Å². The molecule has 0 amide bonds. The fourth-order valence-corrected chi connectivity index (χ4v) is 3.28. The summed E-state index contributed by atoms with van der Waals surface area (Å²) < 4.78 is 0. The standard InChI is InChI=1S/C24H22N2O/c27-24-23(17-21-8-4-5-9-22(21)26-24)25-15-14-18-10-12-20(13-11-18)16-19-6-2-1-3-7-19/h1-13,17,25H,14-16H2,(H,26,27). The molecule has 134 valence electrons. The summed E-state index contributed by atoms with van der Waals surface area (Å²) in [4.78, 5) is 15.1. The van der Waals surface area contributed by atoms with Gasteiger partial charge in [-0.1, -0.05) is 72.8 Å². The highest BCUT2D eigenvalue weighted by molar-refractivity contribution is 5.81. The Morgan fingerprint density at radius 1 is 0.741 bits per heavy atom. The number of aromatic amines is 1. The molecule has 0 aliphatic carbocycles. The van der Waals surface area contributed by atoms with Crippen LogP contribution in [0.25, 0.3) is 10.9 Å². The Balaban J connectivity index is 1.36. The van der Waals surface area contributed by atoms with Gasteiger partial charge in [0.15, 0.2) is 0 Å². The van der Waals surface area contributed by atoms with Crippen LogP contribution in [0.15, 0.2) is 89.7 Å². The average molecular weight is 354 g/mol. The minimum absolute atomic E-state index is 0.0769. The topological polar surface area (TPSA) is 44.9 Å². The van der Waals surface area contributed by atoms with Gasteiger partial charge in [-0.3, -0.25) is 4.79 Å². The third kappa shape index (κ3) is 4.26. The third-order valence-electron chi connectivity index (χ3n) is 4.76. The predicted molar refractivity (Wildman–Crippen MR) is 112 cm³/mol. The van der Waals surface area contributed by atoms with E-state index in [1.165, 1.54) is 16.7 Å². The first-order chi connectivity index (χ1) is 13.3. The zero-order valence-electron chi connectivity index (χ0n) is 15.1. The fraction of sp³-hybridized carbons (Fsp3) is 0.125. The molecule has 0 bridgehead atoms. The summed E-state index contributed by atoms with van der Waals surface area (Å²) in [5.74, 6) is 0. The van der Waals surface area contributed by atoms with E-state index in [0.717, 1.165) is 30.3 Å². The van der Waals surface area contributed by atoms with Crippen molar-refractivity contribution in [3.8, 4) is 0 Å². The minimum Gasteiger partial charge on any atom is -0.380 e. The number of hydrogen-bond acceptors (Lipinski definition) is 2. The lowest BCUT2D eigenvalue weighted by Crippen LogP contribution is -2.15. The molecule has 0 atom stereocenters. The second-order valence-corrected chi connectivity index (χ2v) is 6.76. The summed E-state index contributed by atoms with van der Waals surface area (Å²) >= 11 is 0. The lowest BCUT2D eigenvalue weighted by Gasteiger charge is -2.08. The molecule has 3 heteroatoms.